The Labute approximate surface area is 101 Å². The third-order valence-electron chi connectivity index (χ3n) is 1.65. The first kappa shape index (κ1) is 17.2. The van der Waals surface area contributed by atoms with Crippen LogP contribution in [0.1, 0.15) is 36.8 Å². The van der Waals surface area contributed by atoms with Gasteiger partial charge in [-0.1, -0.05) is 13.8 Å². The minimum absolute atomic E-state index is 0.480. The molecule has 0 fully saturated rings. The van der Waals surface area contributed by atoms with Crippen LogP contribution in [0.3, 0.4) is 0 Å². The molecular weight excluding hydrogens is 281 g/mol. The van der Waals surface area contributed by atoms with Crippen LogP contribution in [0.15, 0.2) is 16.5 Å². The zero-order valence-electron chi connectivity index (χ0n) is 10.4. The molecule has 0 spiro atoms. The second-order valence-electron chi connectivity index (χ2n) is 4.26. The summed E-state index contributed by atoms with van der Waals surface area (Å²) in [7, 11) is -10.7. The van der Waals surface area contributed by atoms with Crippen LogP contribution in [0.5, 0.6) is 0 Å². The summed E-state index contributed by atoms with van der Waals surface area (Å²) in [6, 6.07) is 4.14. The van der Waals surface area contributed by atoms with Gasteiger partial charge in [-0.2, -0.15) is 0 Å². The van der Waals surface area contributed by atoms with Crippen molar-refractivity contribution in [2.45, 2.75) is 33.6 Å². The number of aryl methyl sites for hydroxylation is 2. The van der Waals surface area contributed by atoms with Crippen molar-refractivity contribution in [1.82, 2.24) is 0 Å². The Kier molecular flexibility index (Phi) is 4.16. The Morgan fingerprint density at radius 3 is 1.61 bits per heavy atom. The molecule has 1 aromatic heterocycles. The van der Waals surface area contributed by atoms with Gasteiger partial charge in [0.2, 0.25) is 0 Å². The molecule has 8 heteroatoms. The molecule has 1 aromatic rings. The van der Waals surface area contributed by atoms with Gasteiger partial charge in [-0.3, -0.25) is 0 Å². The number of rotatable bonds is 1. The van der Waals surface area contributed by atoms with E-state index in [1.807, 2.05) is 13.0 Å². The molecule has 0 aliphatic rings. The van der Waals surface area contributed by atoms with Crippen LogP contribution in [0.4, 0.5) is 25.2 Å². The Morgan fingerprint density at radius 2 is 1.33 bits per heavy atom. The van der Waals surface area contributed by atoms with Gasteiger partial charge in [-0.25, -0.2) is 4.42 Å². The van der Waals surface area contributed by atoms with Crippen LogP contribution >= 0.6 is 7.81 Å². The van der Waals surface area contributed by atoms with Gasteiger partial charge in [0.25, 0.3) is 0 Å². The average molecular weight is 296 g/mol. The van der Waals surface area contributed by atoms with Crippen LogP contribution < -0.4 is 0 Å². The predicted molar refractivity (Wildman–Crippen MR) is 60.2 cm³/mol. The van der Waals surface area contributed by atoms with E-state index in [-0.39, 0.29) is 0 Å². The summed E-state index contributed by atoms with van der Waals surface area (Å²) >= 11 is 0. The van der Waals surface area contributed by atoms with Crippen molar-refractivity contribution in [3.8, 4) is 0 Å². The van der Waals surface area contributed by atoms with Crippen molar-refractivity contribution in [2.24, 2.45) is 0 Å². The Hall–Kier alpha value is -0.840. The molecule has 0 unspecified atom stereocenters. The van der Waals surface area contributed by atoms with Crippen molar-refractivity contribution < 1.29 is 29.6 Å². The Morgan fingerprint density at radius 1 is 0.944 bits per heavy atom. The summed E-state index contributed by atoms with van der Waals surface area (Å²) in [5, 5.41) is 0. The second kappa shape index (κ2) is 4.37. The Bertz CT molecular complexity index is 391. The van der Waals surface area contributed by atoms with E-state index >= 15 is 0 Å². The summed E-state index contributed by atoms with van der Waals surface area (Å²) in [6.45, 7) is 8.35. The molecule has 0 saturated carbocycles. The van der Waals surface area contributed by atoms with E-state index < -0.39 is 7.81 Å². The summed E-state index contributed by atoms with van der Waals surface area (Å²) in [5.41, 5.74) is 1.28. The van der Waals surface area contributed by atoms with E-state index in [1.165, 1.54) is 5.56 Å². The topological polar surface area (TPSA) is 11.3 Å². The molecule has 0 N–H and O–H groups in total. The van der Waals surface area contributed by atoms with Gasteiger partial charge in [0.15, 0.2) is 0 Å². The van der Waals surface area contributed by atoms with E-state index in [9.17, 15) is 25.2 Å². The van der Waals surface area contributed by atoms with E-state index in [1.54, 1.807) is 0 Å². The zero-order chi connectivity index (χ0) is 14.8. The molecule has 1 rings (SSSR count). The molecule has 1 heterocycles. The van der Waals surface area contributed by atoms with Crippen molar-refractivity contribution in [1.29, 1.82) is 0 Å². The third kappa shape index (κ3) is 13.2. The van der Waals surface area contributed by atoms with Gasteiger partial charge in [0.1, 0.15) is 0 Å². The summed E-state index contributed by atoms with van der Waals surface area (Å²) in [6.07, 6.45) is 0. The first-order valence-electron chi connectivity index (χ1n) is 5.02. The third-order valence-corrected chi connectivity index (χ3v) is 1.65. The summed E-state index contributed by atoms with van der Waals surface area (Å²) in [4.78, 5) is 0. The average Bonchev–Trinajstić information content (AvgIpc) is 1.95. The summed E-state index contributed by atoms with van der Waals surface area (Å²) < 4.78 is 64.7. The molecule has 108 valence electrons. The molecule has 0 aliphatic carbocycles. The second-order valence-corrected chi connectivity index (χ2v) is 6.18. The number of halogens is 6. The molecule has 0 aliphatic heterocycles. The van der Waals surface area contributed by atoms with Crippen LogP contribution in [-0.4, -0.2) is 0 Å². The van der Waals surface area contributed by atoms with Gasteiger partial charge < -0.3 is 0 Å². The molecule has 0 atom stereocenters. The molecule has 0 amide bonds. The van der Waals surface area contributed by atoms with Gasteiger partial charge in [-0.05, 0) is 12.5 Å². The first-order chi connectivity index (χ1) is 7.54. The Balaban J connectivity index is 0.000000360. The quantitative estimate of drug-likeness (QED) is 0.319. The van der Waals surface area contributed by atoms with E-state index in [4.69, 9.17) is 4.42 Å². The fourth-order valence-corrected chi connectivity index (χ4v) is 1.12. The van der Waals surface area contributed by atoms with Gasteiger partial charge in [0.05, 0.1) is 12.8 Å². The molecule has 0 radical (unpaired) electrons. The van der Waals surface area contributed by atoms with Crippen molar-refractivity contribution >= 4 is 7.81 Å². The SMILES string of the molecule is Cc1cc(C)[o+]c(C(C)C)c1.F[P-](F)(F)(F)(F)F. The maximum absolute atomic E-state index is 10.7. The number of hydrogen-bond acceptors (Lipinski definition) is 0. The van der Waals surface area contributed by atoms with Gasteiger partial charge >= 0.3 is 44.5 Å². The zero-order valence-corrected chi connectivity index (χ0v) is 11.2. The van der Waals surface area contributed by atoms with Crippen LogP contribution in [0.2, 0.25) is 0 Å². The van der Waals surface area contributed by atoms with E-state index in [0.29, 0.717) is 5.92 Å². The molecule has 0 saturated heterocycles. The van der Waals surface area contributed by atoms with Gasteiger partial charge in [-0.15, -0.1) is 0 Å². The monoisotopic (exact) mass is 296 g/mol. The molecule has 0 bridgehead atoms. The predicted octanol–water partition coefficient (Wildman–Crippen LogP) is 6.68. The molecule has 0 aromatic carbocycles. The standard InChI is InChI=1S/C10H15O.F6P/c1-7(2)10-6-8(3)5-9(4)11-10;1-7(2,3,4,5)6/h5-7H,1-4H3;/q+1;-1. The maximum atomic E-state index is 9.87. The van der Waals surface area contributed by atoms with Crippen molar-refractivity contribution in [3.63, 3.8) is 0 Å². The van der Waals surface area contributed by atoms with Gasteiger partial charge in [0, 0.05) is 12.1 Å². The van der Waals surface area contributed by atoms with E-state index in [0.717, 1.165) is 11.5 Å². The van der Waals surface area contributed by atoms with Crippen LogP contribution in [0, 0.1) is 13.8 Å². The van der Waals surface area contributed by atoms with E-state index in [2.05, 4.69) is 26.8 Å². The first-order valence-corrected chi connectivity index (χ1v) is 7.05. The van der Waals surface area contributed by atoms with Crippen LogP contribution in [-0.2, 0) is 0 Å². The van der Waals surface area contributed by atoms with Crippen molar-refractivity contribution in [2.75, 3.05) is 0 Å². The summed E-state index contributed by atoms with van der Waals surface area (Å²) in [5.74, 6) is 2.55. The molecule has 1 nitrogen and oxygen atoms in total. The van der Waals surface area contributed by atoms with Crippen molar-refractivity contribution in [3.05, 3.63) is 29.2 Å². The fourth-order valence-electron chi connectivity index (χ4n) is 1.12. The molecule has 18 heavy (non-hydrogen) atoms. The number of hydrogen-bond donors (Lipinski definition) is 0. The molecular formula is C10H15F6OP. The van der Waals surface area contributed by atoms with Crippen LogP contribution in [0.25, 0.3) is 0 Å². The normalized spacial score (nSPS) is 15.5. The minimum atomic E-state index is -10.7. The fraction of sp³-hybridized carbons (Fsp3) is 0.500.